The molecule has 0 aliphatic heterocycles. The molecule has 0 saturated carbocycles. The van der Waals surface area contributed by atoms with E-state index < -0.39 is 23.7 Å². The zero-order valence-corrected chi connectivity index (χ0v) is 9.82. The van der Waals surface area contributed by atoms with Gasteiger partial charge in [-0.25, -0.2) is 0 Å². The molecule has 0 radical (unpaired) electrons. The first-order valence-electron chi connectivity index (χ1n) is 4.64. The summed E-state index contributed by atoms with van der Waals surface area (Å²) in [5.74, 6) is -5.26. The molecule has 0 aliphatic carbocycles. The lowest BCUT2D eigenvalue weighted by molar-refractivity contribution is -0.291. The molecule has 0 bridgehead atoms. The lowest BCUT2D eigenvalue weighted by atomic mass is 10.00. The topological polar surface area (TPSA) is 35.2 Å². The van der Waals surface area contributed by atoms with E-state index in [2.05, 4.69) is 4.74 Å². The first-order valence-corrected chi connectivity index (χ1v) is 5.02. The molecular formula is C10H9ClF5NO. The van der Waals surface area contributed by atoms with E-state index in [1.54, 1.807) is 0 Å². The van der Waals surface area contributed by atoms with Crippen LogP contribution in [0.5, 0.6) is 5.75 Å². The molecule has 1 aromatic carbocycles. The molecule has 8 heteroatoms. The van der Waals surface area contributed by atoms with Crippen molar-refractivity contribution in [3.63, 3.8) is 0 Å². The highest BCUT2D eigenvalue weighted by molar-refractivity contribution is 6.30. The van der Waals surface area contributed by atoms with Gasteiger partial charge in [-0.15, -0.1) is 0 Å². The van der Waals surface area contributed by atoms with E-state index in [1.807, 2.05) is 0 Å². The van der Waals surface area contributed by atoms with Gasteiger partial charge in [0.15, 0.2) is 0 Å². The van der Waals surface area contributed by atoms with Gasteiger partial charge in [-0.2, -0.15) is 22.0 Å². The molecule has 1 rings (SSSR count). The fourth-order valence-corrected chi connectivity index (χ4v) is 1.50. The Bertz CT molecular complexity index is 435. The van der Waals surface area contributed by atoms with E-state index in [9.17, 15) is 22.0 Å². The lowest BCUT2D eigenvalue weighted by Crippen LogP contribution is -2.45. The van der Waals surface area contributed by atoms with Crippen molar-refractivity contribution in [2.75, 3.05) is 7.11 Å². The second kappa shape index (κ2) is 4.89. The number of hydrogen-bond acceptors (Lipinski definition) is 2. The third kappa shape index (κ3) is 2.67. The summed E-state index contributed by atoms with van der Waals surface area (Å²) in [5.41, 5.74) is 4.49. The van der Waals surface area contributed by atoms with Gasteiger partial charge in [-0.3, -0.25) is 0 Å². The van der Waals surface area contributed by atoms with Crippen LogP contribution in [-0.2, 0) is 0 Å². The van der Waals surface area contributed by atoms with E-state index in [-0.39, 0.29) is 10.8 Å². The number of benzene rings is 1. The highest BCUT2D eigenvalue weighted by atomic mass is 35.5. The van der Waals surface area contributed by atoms with Crippen molar-refractivity contribution in [2.45, 2.75) is 18.1 Å². The Balaban J connectivity index is 3.26. The zero-order valence-electron chi connectivity index (χ0n) is 9.06. The lowest BCUT2D eigenvalue weighted by Gasteiger charge is -2.27. The summed E-state index contributed by atoms with van der Waals surface area (Å²) in [5, 5.41) is -0.0146. The number of nitrogens with two attached hydrogens (primary N) is 1. The van der Waals surface area contributed by atoms with Gasteiger partial charge in [-0.05, 0) is 18.2 Å². The molecule has 0 aliphatic rings. The third-order valence-corrected chi connectivity index (χ3v) is 2.53. The van der Waals surface area contributed by atoms with Crippen molar-refractivity contribution in [3.8, 4) is 5.75 Å². The molecule has 2 N–H and O–H groups in total. The average Bonchev–Trinajstić information content (AvgIpc) is 2.26. The molecule has 1 aromatic rings. The summed E-state index contributed by atoms with van der Waals surface area (Å²) in [6.45, 7) is 0. The number of halogens is 6. The first-order chi connectivity index (χ1) is 8.11. The molecule has 1 atom stereocenters. The van der Waals surface area contributed by atoms with Gasteiger partial charge in [-0.1, -0.05) is 11.6 Å². The Hall–Kier alpha value is -1.08. The smallest absolute Gasteiger partial charge is 0.455 e. The molecule has 102 valence electrons. The monoisotopic (exact) mass is 289 g/mol. The fraction of sp³-hybridized carbons (Fsp3) is 0.400. The Kier molecular flexibility index (Phi) is 4.07. The molecule has 0 fully saturated rings. The minimum absolute atomic E-state index is 0.0146. The van der Waals surface area contributed by atoms with E-state index >= 15 is 0 Å². The molecule has 18 heavy (non-hydrogen) atoms. The van der Waals surface area contributed by atoms with E-state index in [1.165, 1.54) is 12.1 Å². The Morgan fingerprint density at radius 1 is 1.22 bits per heavy atom. The number of ether oxygens (including phenoxy) is 1. The number of methoxy groups -OCH3 is 1. The Morgan fingerprint density at radius 3 is 2.22 bits per heavy atom. The standard InChI is InChI=1S/C10H9ClF5NO/c1-18-7-3-2-5(11)4-6(7)8(17)9(12,13)10(14,15)16/h2-4,8H,17H2,1H3. The summed E-state index contributed by atoms with van der Waals surface area (Å²) >= 11 is 5.54. The summed E-state index contributed by atoms with van der Waals surface area (Å²) in [6.07, 6.45) is -5.75. The largest absolute Gasteiger partial charge is 0.496 e. The van der Waals surface area contributed by atoms with Crippen LogP contribution in [0.1, 0.15) is 11.6 Å². The highest BCUT2D eigenvalue weighted by Crippen LogP contribution is 2.45. The van der Waals surface area contributed by atoms with Crippen molar-refractivity contribution in [1.29, 1.82) is 0 Å². The van der Waals surface area contributed by atoms with Crippen LogP contribution in [0.4, 0.5) is 22.0 Å². The average molecular weight is 290 g/mol. The maximum atomic E-state index is 13.1. The zero-order chi connectivity index (χ0) is 14.1. The van der Waals surface area contributed by atoms with E-state index in [0.29, 0.717) is 0 Å². The van der Waals surface area contributed by atoms with Crippen LogP contribution in [0.2, 0.25) is 5.02 Å². The summed E-state index contributed by atoms with van der Waals surface area (Å²) in [7, 11) is 1.13. The van der Waals surface area contributed by atoms with Gasteiger partial charge in [0.25, 0.3) is 0 Å². The van der Waals surface area contributed by atoms with Crippen LogP contribution in [0.25, 0.3) is 0 Å². The van der Waals surface area contributed by atoms with Crippen LogP contribution >= 0.6 is 11.6 Å². The molecular weight excluding hydrogens is 281 g/mol. The van der Waals surface area contributed by atoms with Crippen molar-refractivity contribution in [1.82, 2.24) is 0 Å². The SMILES string of the molecule is COc1ccc(Cl)cc1C(N)C(F)(F)C(F)(F)F. The molecule has 0 spiro atoms. The van der Waals surface area contributed by atoms with Crippen LogP contribution in [0.3, 0.4) is 0 Å². The second-order valence-electron chi connectivity index (χ2n) is 3.48. The van der Waals surface area contributed by atoms with E-state index in [4.69, 9.17) is 17.3 Å². The quantitative estimate of drug-likeness (QED) is 0.864. The van der Waals surface area contributed by atoms with Crippen molar-refractivity contribution in [2.24, 2.45) is 5.73 Å². The molecule has 0 amide bonds. The van der Waals surface area contributed by atoms with Gasteiger partial charge in [0.05, 0.1) is 7.11 Å². The van der Waals surface area contributed by atoms with Gasteiger partial charge < -0.3 is 10.5 Å². The van der Waals surface area contributed by atoms with Crippen molar-refractivity contribution in [3.05, 3.63) is 28.8 Å². The van der Waals surface area contributed by atoms with Crippen LogP contribution in [-0.4, -0.2) is 19.2 Å². The summed E-state index contributed by atoms with van der Waals surface area (Å²) in [6, 6.07) is 0.794. The summed E-state index contributed by atoms with van der Waals surface area (Å²) in [4.78, 5) is 0. The normalized spacial score (nSPS) is 14.4. The number of rotatable bonds is 3. The Morgan fingerprint density at radius 2 is 1.78 bits per heavy atom. The molecule has 0 aromatic heterocycles. The van der Waals surface area contributed by atoms with Crippen LogP contribution in [0.15, 0.2) is 18.2 Å². The van der Waals surface area contributed by atoms with Crippen molar-refractivity contribution < 1.29 is 26.7 Å². The fourth-order valence-electron chi connectivity index (χ4n) is 1.32. The number of alkyl halides is 5. The minimum atomic E-state index is -5.75. The second-order valence-corrected chi connectivity index (χ2v) is 3.92. The maximum Gasteiger partial charge on any atom is 0.455 e. The predicted octanol–water partition coefficient (Wildman–Crippen LogP) is 3.55. The van der Waals surface area contributed by atoms with Crippen LogP contribution < -0.4 is 10.5 Å². The van der Waals surface area contributed by atoms with Gasteiger partial charge >= 0.3 is 12.1 Å². The molecule has 2 nitrogen and oxygen atoms in total. The molecule has 1 unspecified atom stereocenters. The van der Waals surface area contributed by atoms with E-state index in [0.717, 1.165) is 13.2 Å². The first kappa shape index (κ1) is 15.0. The van der Waals surface area contributed by atoms with Gasteiger partial charge in [0.1, 0.15) is 11.8 Å². The predicted molar refractivity (Wildman–Crippen MR) is 55.9 cm³/mol. The van der Waals surface area contributed by atoms with Gasteiger partial charge in [0.2, 0.25) is 0 Å². The van der Waals surface area contributed by atoms with Crippen molar-refractivity contribution >= 4 is 11.6 Å². The Labute approximate surface area is 104 Å². The highest BCUT2D eigenvalue weighted by Gasteiger charge is 2.62. The summed E-state index contributed by atoms with van der Waals surface area (Å²) < 4.78 is 67.5. The molecule has 0 heterocycles. The van der Waals surface area contributed by atoms with Gasteiger partial charge in [0, 0.05) is 10.6 Å². The molecule has 0 saturated heterocycles. The maximum absolute atomic E-state index is 13.1. The third-order valence-electron chi connectivity index (χ3n) is 2.30. The number of hydrogen-bond donors (Lipinski definition) is 1. The minimum Gasteiger partial charge on any atom is -0.496 e. The van der Waals surface area contributed by atoms with Crippen LogP contribution in [0, 0.1) is 0 Å².